The number of carbonyl (C=O) groups excluding carboxylic acids is 1. The third-order valence-electron chi connectivity index (χ3n) is 3.63. The minimum Gasteiger partial charge on any atom is -0.357 e. The fourth-order valence-electron chi connectivity index (χ4n) is 2.22. The van der Waals surface area contributed by atoms with Gasteiger partial charge < -0.3 is 15.5 Å². The van der Waals surface area contributed by atoms with Gasteiger partial charge in [0.1, 0.15) is 13.1 Å². The molecule has 0 saturated heterocycles. The van der Waals surface area contributed by atoms with Crippen LogP contribution in [0.15, 0.2) is 29.3 Å². The largest absolute Gasteiger partial charge is 0.416 e. The van der Waals surface area contributed by atoms with Crippen LogP contribution in [-0.2, 0) is 11.0 Å². The highest BCUT2D eigenvalue weighted by molar-refractivity contribution is 14.0. The summed E-state index contributed by atoms with van der Waals surface area (Å²) in [7, 11) is 1.01. The number of hydrogen-bond donors (Lipinski definition) is 2. The van der Waals surface area contributed by atoms with Gasteiger partial charge in [0.2, 0.25) is 5.91 Å². The van der Waals surface area contributed by atoms with E-state index in [1.165, 1.54) is 12.1 Å². The van der Waals surface area contributed by atoms with Gasteiger partial charge in [0, 0.05) is 13.6 Å². The molecule has 1 atom stereocenters. The summed E-state index contributed by atoms with van der Waals surface area (Å²) in [5.41, 5.74) is -0.467. The van der Waals surface area contributed by atoms with E-state index < -0.39 is 43.0 Å². The Bertz CT molecular complexity index is 693. The number of nitrogens with zero attached hydrogens (tertiary/aromatic N) is 2. The van der Waals surface area contributed by atoms with Gasteiger partial charge in [-0.05, 0) is 31.5 Å². The second-order valence-corrected chi connectivity index (χ2v) is 6.05. The highest BCUT2D eigenvalue weighted by Gasteiger charge is 2.31. The van der Waals surface area contributed by atoms with Gasteiger partial charge in [-0.1, -0.05) is 12.1 Å². The van der Waals surface area contributed by atoms with Gasteiger partial charge in [0.15, 0.2) is 5.96 Å². The number of halogens is 7. The van der Waals surface area contributed by atoms with E-state index in [4.69, 9.17) is 0 Å². The molecule has 1 unspecified atom stereocenters. The molecule has 2 N–H and O–H groups in total. The van der Waals surface area contributed by atoms with Crippen LogP contribution < -0.4 is 10.6 Å². The van der Waals surface area contributed by atoms with E-state index in [1.807, 2.05) is 0 Å². The van der Waals surface area contributed by atoms with Crippen LogP contribution in [0.25, 0.3) is 0 Å². The molecule has 0 aromatic heterocycles. The monoisotopic (exact) mass is 540 g/mol. The van der Waals surface area contributed by atoms with Crippen molar-refractivity contribution >= 4 is 35.8 Å². The van der Waals surface area contributed by atoms with Crippen LogP contribution in [0.3, 0.4) is 0 Å². The smallest absolute Gasteiger partial charge is 0.357 e. The van der Waals surface area contributed by atoms with Gasteiger partial charge in [-0.25, -0.2) is 4.99 Å². The normalized spacial score (nSPS) is 13.3. The van der Waals surface area contributed by atoms with E-state index in [2.05, 4.69) is 15.6 Å². The molecule has 0 fully saturated rings. The van der Waals surface area contributed by atoms with Gasteiger partial charge in [-0.2, -0.15) is 26.3 Å². The van der Waals surface area contributed by atoms with Gasteiger partial charge in [0.25, 0.3) is 0 Å². The van der Waals surface area contributed by atoms with Crippen molar-refractivity contribution in [3.63, 3.8) is 0 Å². The summed E-state index contributed by atoms with van der Waals surface area (Å²) in [4.78, 5) is 16.2. The number of alkyl halides is 6. The Morgan fingerprint density at radius 1 is 1.21 bits per heavy atom. The molecule has 0 aliphatic heterocycles. The number of benzene rings is 1. The molecule has 1 rings (SSSR count). The van der Waals surface area contributed by atoms with E-state index in [9.17, 15) is 31.1 Å². The van der Waals surface area contributed by atoms with E-state index in [0.717, 1.165) is 19.2 Å². The topological polar surface area (TPSA) is 56.7 Å². The predicted molar refractivity (Wildman–Crippen MR) is 108 cm³/mol. The Kier molecular flexibility index (Phi) is 10.8. The molecule has 0 saturated carbocycles. The van der Waals surface area contributed by atoms with E-state index in [1.54, 1.807) is 13.8 Å². The van der Waals surface area contributed by atoms with Crippen molar-refractivity contribution in [3.8, 4) is 0 Å². The Morgan fingerprint density at radius 3 is 2.34 bits per heavy atom. The maximum absolute atomic E-state index is 12.8. The van der Waals surface area contributed by atoms with E-state index >= 15 is 0 Å². The second-order valence-electron chi connectivity index (χ2n) is 6.05. The van der Waals surface area contributed by atoms with Crippen molar-refractivity contribution in [2.45, 2.75) is 32.2 Å². The number of nitrogens with one attached hydrogen (secondary N) is 2. The maximum Gasteiger partial charge on any atom is 0.416 e. The lowest BCUT2D eigenvalue weighted by Gasteiger charge is -2.20. The van der Waals surface area contributed by atoms with Crippen LogP contribution in [0, 0.1) is 0 Å². The summed E-state index contributed by atoms with van der Waals surface area (Å²) < 4.78 is 75.5. The highest BCUT2D eigenvalue weighted by Crippen LogP contribution is 2.30. The number of hydrogen-bond acceptors (Lipinski definition) is 2. The van der Waals surface area contributed by atoms with Crippen molar-refractivity contribution in [1.29, 1.82) is 0 Å². The molecular formula is C17H23F6IN4O. The van der Waals surface area contributed by atoms with Crippen LogP contribution in [0.2, 0.25) is 0 Å². The lowest BCUT2D eigenvalue weighted by atomic mass is 10.1. The van der Waals surface area contributed by atoms with Crippen LogP contribution >= 0.6 is 24.0 Å². The van der Waals surface area contributed by atoms with Gasteiger partial charge in [-0.3, -0.25) is 4.79 Å². The van der Waals surface area contributed by atoms with Crippen molar-refractivity contribution in [2.75, 3.05) is 26.7 Å². The number of amides is 1. The standard InChI is InChI=1S/C17H22F6N4O.HI/c1-4-24-15(25-9-14(28)27(3)10-16(18,19)20)26-11(2)12-6-5-7-13(8-12)17(21,22)23;/h5-8,11H,4,9-10H2,1-3H3,(H2,24,25,26);1H. The van der Waals surface area contributed by atoms with Crippen LogP contribution in [0.4, 0.5) is 26.3 Å². The third-order valence-corrected chi connectivity index (χ3v) is 3.63. The Hall–Kier alpha value is -1.73. The summed E-state index contributed by atoms with van der Waals surface area (Å²) in [6.07, 6.45) is -9.00. The number of rotatable bonds is 6. The Morgan fingerprint density at radius 2 is 1.83 bits per heavy atom. The summed E-state index contributed by atoms with van der Waals surface area (Å²) >= 11 is 0. The first-order valence-corrected chi connectivity index (χ1v) is 8.36. The lowest BCUT2D eigenvalue weighted by molar-refractivity contribution is -0.157. The minimum absolute atomic E-state index is 0. The molecule has 1 amide bonds. The zero-order chi connectivity index (χ0) is 21.5. The van der Waals surface area contributed by atoms with Crippen molar-refractivity contribution in [2.24, 2.45) is 4.99 Å². The first-order valence-electron chi connectivity index (χ1n) is 8.36. The zero-order valence-electron chi connectivity index (χ0n) is 16.0. The molecular weight excluding hydrogens is 517 g/mol. The van der Waals surface area contributed by atoms with Crippen molar-refractivity contribution in [3.05, 3.63) is 35.4 Å². The number of guanidine groups is 1. The van der Waals surface area contributed by atoms with Crippen LogP contribution in [0.5, 0.6) is 0 Å². The Labute approximate surface area is 181 Å². The molecule has 0 radical (unpaired) electrons. The zero-order valence-corrected chi connectivity index (χ0v) is 18.3. The number of likely N-dealkylation sites (N-methyl/N-ethyl adjacent to an activating group) is 1. The molecule has 0 spiro atoms. The third kappa shape index (κ3) is 10.0. The first kappa shape index (κ1) is 27.3. The quantitative estimate of drug-likeness (QED) is 0.249. The molecule has 0 aliphatic carbocycles. The summed E-state index contributed by atoms with van der Waals surface area (Å²) in [6, 6.07) is 4.12. The van der Waals surface area contributed by atoms with Crippen LogP contribution in [0.1, 0.15) is 31.0 Å². The summed E-state index contributed by atoms with van der Waals surface area (Å²) in [6.45, 7) is 1.76. The minimum atomic E-state index is -4.52. The SMILES string of the molecule is CCNC(=NCC(=O)N(C)CC(F)(F)F)NC(C)c1cccc(C(F)(F)F)c1.I. The number of aliphatic imine (C=N–C) groups is 1. The molecule has 166 valence electrons. The van der Waals surface area contributed by atoms with Crippen LogP contribution in [-0.4, -0.2) is 49.6 Å². The van der Waals surface area contributed by atoms with E-state index in [-0.39, 0.29) is 29.9 Å². The van der Waals surface area contributed by atoms with Crippen molar-refractivity contribution in [1.82, 2.24) is 15.5 Å². The average molecular weight is 540 g/mol. The molecule has 1 aromatic carbocycles. The highest BCUT2D eigenvalue weighted by atomic mass is 127. The fourth-order valence-corrected chi connectivity index (χ4v) is 2.22. The average Bonchev–Trinajstić information content (AvgIpc) is 2.57. The Balaban J connectivity index is 0.00000784. The van der Waals surface area contributed by atoms with Gasteiger partial charge in [0.05, 0.1) is 11.6 Å². The molecule has 1 aromatic rings. The molecule has 0 heterocycles. The lowest BCUT2D eigenvalue weighted by Crippen LogP contribution is -2.41. The molecule has 29 heavy (non-hydrogen) atoms. The molecule has 12 heteroatoms. The summed E-state index contributed by atoms with van der Waals surface area (Å²) in [5.74, 6) is -0.748. The number of carbonyl (C=O) groups is 1. The summed E-state index contributed by atoms with van der Waals surface area (Å²) in [5, 5.41) is 5.63. The predicted octanol–water partition coefficient (Wildman–Crippen LogP) is 3.96. The second kappa shape index (κ2) is 11.5. The molecule has 0 bridgehead atoms. The first-order chi connectivity index (χ1) is 12.8. The fraction of sp³-hybridized carbons (Fsp3) is 0.529. The van der Waals surface area contributed by atoms with Gasteiger partial charge in [-0.15, -0.1) is 24.0 Å². The van der Waals surface area contributed by atoms with Gasteiger partial charge >= 0.3 is 12.4 Å². The molecule has 0 aliphatic rings. The van der Waals surface area contributed by atoms with Crippen molar-refractivity contribution < 1.29 is 31.1 Å². The molecule has 5 nitrogen and oxygen atoms in total. The van der Waals surface area contributed by atoms with E-state index in [0.29, 0.717) is 17.0 Å². The maximum atomic E-state index is 12.8.